The van der Waals surface area contributed by atoms with Crippen molar-refractivity contribution in [1.29, 1.82) is 0 Å². The number of carbonyl (C=O) groups excluding carboxylic acids is 4. The number of carbonyl (C=O) groups is 4. The van der Waals surface area contributed by atoms with Crippen LogP contribution in [0.4, 0.5) is 0 Å². The molecule has 0 saturated carbocycles. The molecule has 0 unspecified atom stereocenters. The van der Waals surface area contributed by atoms with Crippen LogP contribution in [0.2, 0.25) is 0 Å². The number of nitrogens with zero attached hydrogens (tertiary/aromatic N) is 4. The van der Waals surface area contributed by atoms with Crippen LogP contribution >= 0.6 is 12.4 Å². The van der Waals surface area contributed by atoms with Crippen molar-refractivity contribution in [2.45, 2.75) is 71.1 Å². The normalized spacial score (nSPS) is 19.2. The minimum absolute atomic E-state index is 0. The number of ether oxygens (including phenoxy) is 1. The second kappa shape index (κ2) is 18.7. The molecule has 4 rings (SSSR count). The summed E-state index contributed by atoms with van der Waals surface area (Å²) in [7, 11) is 0. The van der Waals surface area contributed by atoms with E-state index in [-0.39, 0.29) is 56.1 Å². The molecule has 0 saturated heterocycles. The van der Waals surface area contributed by atoms with Crippen LogP contribution in [0.25, 0.3) is 0 Å². The summed E-state index contributed by atoms with van der Waals surface area (Å²) in [5, 5.41) is 17.1. The van der Waals surface area contributed by atoms with Gasteiger partial charge in [0, 0.05) is 38.7 Å². The van der Waals surface area contributed by atoms with E-state index in [0.29, 0.717) is 44.0 Å². The van der Waals surface area contributed by atoms with Gasteiger partial charge in [0.05, 0.1) is 24.7 Å². The quantitative estimate of drug-likeness (QED) is 0.313. The largest absolute Gasteiger partial charge is 0.492 e. The van der Waals surface area contributed by atoms with Crippen LogP contribution in [0.1, 0.15) is 44.0 Å². The molecule has 3 atom stereocenters. The van der Waals surface area contributed by atoms with E-state index in [1.165, 1.54) is 0 Å². The Bertz CT molecular complexity index is 1500. The molecule has 5 N–H and O–H groups in total. The van der Waals surface area contributed by atoms with Crippen molar-refractivity contribution in [3.8, 4) is 5.75 Å². The van der Waals surface area contributed by atoms with Gasteiger partial charge >= 0.3 is 0 Å². The topological polar surface area (TPSA) is 174 Å². The lowest BCUT2D eigenvalue weighted by atomic mass is 10.0. The number of benzene rings is 2. The average molecular weight is 683 g/mol. The molecule has 1 aliphatic heterocycles. The van der Waals surface area contributed by atoms with Crippen molar-refractivity contribution in [3.05, 3.63) is 77.6 Å². The number of hydrogen-bond acceptors (Lipinski definition) is 8. The van der Waals surface area contributed by atoms with Crippen LogP contribution in [0.5, 0.6) is 5.75 Å². The number of hydrogen-bond donors (Lipinski definition) is 4. The van der Waals surface area contributed by atoms with E-state index in [9.17, 15) is 19.2 Å². The average Bonchev–Trinajstić information content (AvgIpc) is 3.51. The van der Waals surface area contributed by atoms with Gasteiger partial charge in [-0.3, -0.25) is 19.2 Å². The lowest BCUT2D eigenvalue weighted by molar-refractivity contribution is -0.134. The van der Waals surface area contributed by atoms with E-state index in [4.69, 9.17) is 10.5 Å². The third-order valence-electron chi connectivity index (χ3n) is 8.01. The number of aromatic nitrogens is 3. The zero-order valence-corrected chi connectivity index (χ0v) is 28.6. The van der Waals surface area contributed by atoms with Crippen molar-refractivity contribution >= 4 is 36.0 Å². The number of nitrogens with one attached hydrogen (secondary N) is 3. The van der Waals surface area contributed by atoms with Gasteiger partial charge in [0.15, 0.2) is 0 Å². The van der Waals surface area contributed by atoms with E-state index >= 15 is 0 Å². The van der Waals surface area contributed by atoms with Crippen molar-refractivity contribution in [1.82, 2.24) is 35.8 Å². The summed E-state index contributed by atoms with van der Waals surface area (Å²) in [6, 6.07) is 14.1. The smallest absolute Gasteiger partial charge is 0.243 e. The minimum Gasteiger partial charge on any atom is -0.492 e. The van der Waals surface area contributed by atoms with E-state index in [2.05, 4.69) is 26.3 Å². The minimum atomic E-state index is -0.921. The van der Waals surface area contributed by atoms with Crippen molar-refractivity contribution in [2.75, 3.05) is 26.2 Å². The van der Waals surface area contributed by atoms with Gasteiger partial charge < -0.3 is 31.3 Å². The Morgan fingerprint density at radius 2 is 1.79 bits per heavy atom. The van der Waals surface area contributed by atoms with Crippen molar-refractivity contribution in [2.24, 2.45) is 11.7 Å². The van der Waals surface area contributed by atoms with E-state index in [1.807, 2.05) is 75.5 Å². The number of fused-ring (bicyclic) bond motifs is 4. The Labute approximate surface area is 287 Å². The molecule has 260 valence electrons. The summed E-state index contributed by atoms with van der Waals surface area (Å²) in [4.78, 5) is 55.0. The van der Waals surface area contributed by atoms with E-state index < -0.39 is 29.9 Å². The third kappa shape index (κ3) is 11.3. The summed E-state index contributed by atoms with van der Waals surface area (Å²) < 4.78 is 7.59. The molecule has 1 aromatic heterocycles. The summed E-state index contributed by atoms with van der Waals surface area (Å²) in [6.07, 6.45) is 3.02. The summed E-state index contributed by atoms with van der Waals surface area (Å²) in [5.74, 6) is -1.06. The monoisotopic (exact) mass is 682 g/mol. The molecular weight excluding hydrogens is 636 g/mol. The number of nitrogens with two attached hydrogens (primary N) is 1. The van der Waals surface area contributed by atoms with Crippen molar-refractivity contribution < 1.29 is 23.9 Å². The van der Waals surface area contributed by atoms with Gasteiger partial charge in [-0.25, -0.2) is 4.68 Å². The molecule has 4 amide bonds. The highest BCUT2D eigenvalue weighted by Crippen LogP contribution is 2.15. The maximum Gasteiger partial charge on any atom is 0.243 e. The maximum atomic E-state index is 13.6. The van der Waals surface area contributed by atoms with E-state index in [1.54, 1.807) is 15.6 Å². The SMILES string of the molecule is CC[C@H](N)C(=O)N1CCNC(=O)[C@H](Cc2ccccc2)NC(=O)[C@@H](C(C)C)NC(=O)Cc2cccc(c2)OCCn2cc(nn2)CC1.Cl. The Balaban J connectivity index is 0.00000625. The van der Waals surface area contributed by atoms with Crippen LogP contribution in [-0.2, 0) is 45.0 Å². The molecule has 48 heavy (non-hydrogen) atoms. The molecule has 0 radical (unpaired) electrons. The molecular formula is C34H47ClN8O5. The first-order valence-corrected chi connectivity index (χ1v) is 16.2. The highest BCUT2D eigenvalue weighted by Gasteiger charge is 2.29. The van der Waals surface area contributed by atoms with Crippen LogP contribution in [0.3, 0.4) is 0 Å². The molecule has 3 aromatic rings. The molecule has 2 heterocycles. The molecule has 13 nitrogen and oxygen atoms in total. The van der Waals surface area contributed by atoms with Gasteiger partial charge in [-0.05, 0) is 35.6 Å². The molecule has 0 aliphatic carbocycles. The third-order valence-corrected chi connectivity index (χ3v) is 8.01. The second-order valence-corrected chi connectivity index (χ2v) is 12.1. The molecule has 14 heteroatoms. The van der Waals surface area contributed by atoms with Crippen LogP contribution in [-0.4, -0.2) is 87.9 Å². The van der Waals surface area contributed by atoms with E-state index in [0.717, 1.165) is 11.1 Å². The fraction of sp³-hybridized carbons (Fsp3) is 0.471. The van der Waals surface area contributed by atoms with Gasteiger partial charge in [-0.2, -0.15) is 0 Å². The van der Waals surface area contributed by atoms with Gasteiger partial charge in [0.1, 0.15) is 24.4 Å². The van der Waals surface area contributed by atoms with Gasteiger partial charge in [-0.1, -0.05) is 68.4 Å². The molecule has 0 spiro atoms. The molecule has 0 fully saturated rings. The maximum absolute atomic E-state index is 13.6. The highest BCUT2D eigenvalue weighted by atomic mass is 35.5. The fourth-order valence-electron chi connectivity index (χ4n) is 5.26. The predicted molar refractivity (Wildman–Crippen MR) is 183 cm³/mol. The first-order valence-electron chi connectivity index (χ1n) is 16.2. The molecule has 1 aliphatic rings. The molecule has 2 aromatic carbocycles. The van der Waals surface area contributed by atoms with Gasteiger partial charge in [0.25, 0.3) is 0 Å². The molecule has 4 bridgehead atoms. The zero-order valence-electron chi connectivity index (χ0n) is 27.8. The Morgan fingerprint density at radius 1 is 1.02 bits per heavy atom. The Kier molecular flexibility index (Phi) is 14.8. The van der Waals surface area contributed by atoms with Crippen LogP contribution in [0, 0.1) is 5.92 Å². The highest BCUT2D eigenvalue weighted by molar-refractivity contribution is 5.92. The lowest BCUT2D eigenvalue weighted by Crippen LogP contribution is -2.56. The standard InChI is InChI=1S/C34H46N8O5.ClH/c1-4-28(35)34(46)41-15-13-26-22-42(40-39-26)17-18-47-27-12-8-11-25(19-27)21-30(43)38-31(23(2)3)33(45)37-29(32(44)36-14-16-41)20-24-9-6-5-7-10-24;/h5-12,19,22-23,28-29,31H,4,13-18,20-21,35H2,1-3H3,(H,36,44)(H,37,45)(H,38,43);1H/t28-,29-,31+;/m0./s1. The van der Waals surface area contributed by atoms with Crippen molar-refractivity contribution in [3.63, 3.8) is 0 Å². The second-order valence-electron chi connectivity index (χ2n) is 12.1. The first kappa shape index (κ1) is 38.0. The summed E-state index contributed by atoms with van der Waals surface area (Å²) >= 11 is 0. The Hall–Kier alpha value is -4.49. The van der Waals surface area contributed by atoms with Crippen LogP contribution < -0.4 is 26.4 Å². The summed E-state index contributed by atoms with van der Waals surface area (Å²) in [5.41, 5.74) is 8.39. The summed E-state index contributed by atoms with van der Waals surface area (Å²) in [6.45, 7) is 6.99. The number of rotatable bonds is 5. The number of amides is 4. The zero-order chi connectivity index (χ0) is 33.8. The predicted octanol–water partition coefficient (Wildman–Crippen LogP) is 1.43. The van der Waals surface area contributed by atoms with Crippen LogP contribution in [0.15, 0.2) is 60.8 Å². The first-order chi connectivity index (χ1) is 22.6. The Morgan fingerprint density at radius 3 is 2.52 bits per heavy atom. The lowest BCUT2D eigenvalue weighted by Gasteiger charge is -2.27. The number of halogens is 1. The van der Waals surface area contributed by atoms with Gasteiger partial charge in [0.2, 0.25) is 23.6 Å². The van der Waals surface area contributed by atoms with Gasteiger partial charge in [-0.15, -0.1) is 17.5 Å². The fourth-order valence-corrected chi connectivity index (χ4v) is 5.26.